The second kappa shape index (κ2) is 7.52. The van der Waals surface area contributed by atoms with Crippen molar-refractivity contribution in [1.82, 2.24) is 5.32 Å². The molecule has 2 heterocycles. The summed E-state index contributed by atoms with van der Waals surface area (Å²) in [7, 11) is 0. The largest absolute Gasteiger partial charge is 0.454 e. The number of thiophene rings is 1. The number of rotatable bonds is 3. The highest BCUT2D eigenvalue weighted by Gasteiger charge is 2.72. The van der Waals surface area contributed by atoms with Gasteiger partial charge in [0, 0.05) is 26.9 Å². The zero-order valence-corrected chi connectivity index (χ0v) is 20.8. The van der Waals surface area contributed by atoms with Gasteiger partial charge in [0.15, 0.2) is 0 Å². The molecule has 2 atom stereocenters. The molecule has 1 amide bonds. The Morgan fingerprint density at radius 3 is 2.69 bits per heavy atom. The van der Waals surface area contributed by atoms with Crippen LogP contribution in [-0.4, -0.2) is 16.8 Å². The lowest BCUT2D eigenvalue weighted by molar-refractivity contribution is -0.169. The summed E-state index contributed by atoms with van der Waals surface area (Å²) in [6.07, 6.45) is 0. The smallest absolute Gasteiger partial charge is 0.271 e. The minimum absolute atomic E-state index is 0.0815. The first-order valence-corrected chi connectivity index (χ1v) is 12.5. The fourth-order valence-electron chi connectivity index (χ4n) is 5.16. The fraction of sp³-hybridized carbons (Fsp3) is 0.185. The molecular formula is C27H20ClFN2O4S. The van der Waals surface area contributed by atoms with Crippen molar-refractivity contribution in [2.24, 2.45) is 0 Å². The van der Waals surface area contributed by atoms with Crippen LogP contribution in [0.5, 0.6) is 5.75 Å². The van der Waals surface area contributed by atoms with Gasteiger partial charge in [0.2, 0.25) is 11.3 Å². The van der Waals surface area contributed by atoms with E-state index in [2.05, 4.69) is 5.32 Å². The van der Waals surface area contributed by atoms with Crippen LogP contribution in [0.1, 0.15) is 56.5 Å². The normalized spacial score (nSPS) is 21.9. The fourth-order valence-corrected chi connectivity index (χ4v) is 6.60. The van der Waals surface area contributed by atoms with Crippen LogP contribution in [0, 0.1) is 5.82 Å². The van der Waals surface area contributed by atoms with Crippen molar-refractivity contribution < 1.29 is 23.8 Å². The van der Waals surface area contributed by atoms with Crippen LogP contribution in [0.2, 0.25) is 5.02 Å². The maximum atomic E-state index is 14.1. The maximum Gasteiger partial charge on any atom is 0.271 e. The molecule has 182 valence electrons. The second-order valence-corrected chi connectivity index (χ2v) is 10.8. The predicted octanol–water partition coefficient (Wildman–Crippen LogP) is 5.46. The standard InChI is InChI=1S/C27H20ClFN2O4S/c1-12(2)13-6-9-16-19(10-13)35-27(34)17-4-3-5-18(30)21(17)24(32)26(16,27)31-25(33)23-22(28)15-8-7-14(29)11-20(15)36-23/h3-12,34H,30H2,1-2H3,(H,31,33). The van der Waals surface area contributed by atoms with Crippen molar-refractivity contribution in [3.8, 4) is 5.75 Å². The average Bonchev–Trinajstić information content (AvgIpc) is 3.36. The number of ether oxygens (including phenoxy) is 1. The molecule has 0 saturated carbocycles. The molecule has 6 nitrogen and oxygen atoms in total. The Bertz CT molecular complexity index is 1630. The summed E-state index contributed by atoms with van der Waals surface area (Å²) in [6, 6.07) is 14.0. The lowest BCUT2D eigenvalue weighted by atomic mass is 9.82. The zero-order valence-electron chi connectivity index (χ0n) is 19.2. The number of aliphatic hydroxyl groups is 1. The summed E-state index contributed by atoms with van der Waals surface area (Å²) in [5.74, 6) is -3.55. The Morgan fingerprint density at radius 2 is 1.94 bits per heavy atom. The van der Waals surface area contributed by atoms with Gasteiger partial charge in [-0.25, -0.2) is 4.39 Å². The molecule has 0 spiro atoms. The molecule has 4 N–H and O–H groups in total. The van der Waals surface area contributed by atoms with Gasteiger partial charge in [0.05, 0.1) is 10.6 Å². The molecule has 9 heteroatoms. The Hall–Kier alpha value is -3.46. The van der Waals surface area contributed by atoms with Gasteiger partial charge in [0.25, 0.3) is 11.7 Å². The molecule has 3 aromatic carbocycles. The Morgan fingerprint density at radius 1 is 1.17 bits per heavy atom. The van der Waals surface area contributed by atoms with Crippen LogP contribution in [0.3, 0.4) is 0 Å². The van der Waals surface area contributed by atoms with Gasteiger partial charge in [-0.3, -0.25) is 9.59 Å². The minimum Gasteiger partial charge on any atom is -0.454 e. The number of carbonyl (C=O) groups is 2. The molecule has 0 fully saturated rings. The number of halogens is 2. The summed E-state index contributed by atoms with van der Waals surface area (Å²) < 4.78 is 20.4. The molecule has 0 radical (unpaired) electrons. The maximum absolute atomic E-state index is 14.1. The van der Waals surface area contributed by atoms with Crippen molar-refractivity contribution in [2.45, 2.75) is 31.1 Å². The number of nitrogen functional groups attached to an aromatic ring is 1. The van der Waals surface area contributed by atoms with E-state index >= 15 is 0 Å². The van der Waals surface area contributed by atoms with E-state index in [9.17, 15) is 19.1 Å². The Kier molecular flexibility index (Phi) is 4.80. The van der Waals surface area contributed by atoms with Gasteiger partial charge in [-0.2, -0.15) is 0 Å². The lowest BCUT2D eigenvalue weighted by Gasteiger charge is -2.34. The van der Waals surface area contributed by atoms with E-state index in [1.807, 2.05) is 19.9 Å². The molecule has 0 bridgehead atoms. The number of fused-ring (bicyclic) bond motifs is 6. The third kappa shape index (κ3) is 2.80. The van der Waals surface area contributed by atoms with Crippen LogP contribution in [0.25, 0.3) is 10.1 Å². The van der Waals surface area contributed by atoms with Crippen LogP contribution in [-0.2, 0) is 11.3 Å². The molecule has 4 aromatic rings. The van der Waals surface area contributed by atoms with Crippen molar-refractivity contribution in [3.05, 3.63) is 92.6 Å². The minimum atomic E-state index is -2.24. The van der Waals surface area contributed by atoms with E-state index in [-0.39, 0.29) is 38.4 Å². The number of ketones is 1. The summed E-state index contributed by atoms with van der Waals surface area (Å²) in [5, 5.41) is 15.4. The summed E-state index contributed by atoms with van der Waals surface area (Å²) in [5.41, 5.74) is 5.80. The molecular weight excluding hydrogens is 503 g/mol. The highest BCUT2D eigenvalue weighted by Crippen LogP contribution is 2.59. The highest BCUT2D eigenvalue weighted by atomic mass is 35.5. The Labute approximate surface area is 214 Å². The van der Waals surface area contributed by atoms with Crippen LogP contribution < -0.4 is 15.8 Å². The number of hydrogen-bond acceptors (Lipinski definition) is 6. The van der Waals surface area contributed by atoms with E-state index in [1.165, 1.54) is 18.2 Å². The van der Waals surface area contributed by atoms with Crippen LogP contribution in [0.4, 0.5) is 10.1 Å². The molecule has 1 aliphatic carbocycles. The quantitative estimate of drug-likeness (QED) is 0.310. The van der Waals surface area contributed by atoms with Crippen molar-refractivity contribution in [3.63, 3.8) is 0 Å². The van der Waals surface area contributed by atoms with Crippen molar-refractivity contribution >= 4 is 50.4 Å². The second-order valence-electron chi connectivity index (χ2n) is 9.35. The van der Waals surface area contributed by atoms with Gasteiger partial charge in [0.1, 0.15) is 16.4 Å². The number of carbonyl (C=O) groups excluding carboxylic acids is 2. The van der Waals surface area contributed by atoms with Crippen molar-refractivity contribution in [1.29, 1.82) is 0 Å². The summed E-state index contributed by atoms with van der Waals surface area (Å²) in [4.78, 5) is 27.8. The topological polar surface area (TPSA) is 102 Å². The third-order valence-electron chi connectivity index (χ3n) is 6.97. The van der Waals surface area contributed by atoms with Crippen LogP contribution in [0.15, 0.2) is 54.6 Å². The van der Waals surface area contributed by atoms with Gasteiger partial charge in [-0.15, -0.1) is 11.3 Å². The van der Waals surface area contributed by atoms with Gasteiger partial charge < -0.3 is 20.9 Å². The molecule has 2 unspecified atom stereocenters. The van der Waals surface area contributed by atoms with E-state index in [1.54, 1.807) is 30.3 Å². The monoisotopic (exact) mass is 522 g/mol. The summed E-state index contributed by atoms with van der Waals surface area (Å²) in [6.45, 7) is 4.02. The molecule has 1 aliphatic heterocycles. The SMILES string of the molecule is CC(C)c1ccc2c(c1)OC1(O)c3cccc(N)c3C(=O)C21NC(=O)c1sc2cc(F)ccc2c1Cl. The van der Waals surface area contributed by atoms with E-state index < -0.39 is 28.8 Å². The molecule has 1 aromatic heterocycles. The number of hydrogen-bond donors (Lipinski definition) is 3. The lowest BCUT2D eigenvalue weighted by Crippen LogP contribution is -2.60. The van der Waals surface area contributed by atoms with Gasteiger partial charge in [-0.1, -0.05) is 49.7 Å². The average molecular weight is 523 g/mol. The molecule has 6 rings (SSSR count). The molecule has 2 aliphatic rings. The molecule has 36 heavy (non-hydrogen) atoms. The number of amides is 1. The first-order valence-electron chi connectivity index (χ1n) is 11.3. The first-order chi connectivity index (χ1) is 17.1. The third-order valence-corrected chi connectivity index (χ3v) is 8.63. The van der Waals surface area contributed by atoms with Crippen molar-refractivity contribution in [2.75, 3.05) is 5.73 Å². The van der Waals surface area contributed by atoms with Gasteiger partial charge in [-0.05, 0) is 41.8 Å². The zero-order chi connectivity index (χ0) is 25.6. The first kappa shape index (κ1) is 23.0. The summed E-state index contributed by atoms with van der Waals surface area (Å²) >= 11 is 7.49. The number of anilines is 1. The number of nitrogens with one attached hydrogen (secondary N) is 1. The molecule has 0 saturated heterocycles. The van der Waals surface area contributed by atoms with Gasteiger partial charge >= 0.3 is 0 Å². The van der Waals surface area contributed by atoms with E-state index in [0.717, 1.165) is 16.9 Å². The van der Waals surface area contributed by atoms with E-state index in [0.29, 0.717) is 15.6 Å². The predicted molar refractivity (Wildman–Crippen MR) is 136 cm³/mol. The number of Topliss-reactive ketones (excluding diaryl/α,β-unsaturated/α-hetero) is 1. The Balaban J connectivity index is 1.55. The number of nitrogens with two attached hydrogens (primary N) is 1. The number of benzene rings is 3. The van der Waals surface area contributed by atoms with Crippen LogP contribution >= 0.6 is 22.9 Å². The van der Waals surface area contributed by atoms with E-state index in [4.69, 9.17) is 22.1 Å². The highest BCUT2D eigenvalue weighted by molar-refractivity contribution is 7.21.